The van der Waals surface area contributed by atoms with Crippen LogP contribution in [0, 0.1) is 28.7 Å². The van der Waals surface area contributed by atoms with Crippen LogP contribution < -0.4 is 19.9 Å². The van der Waals surface area contributed by atoms with Gasteiger partial charge in [-0.2, -0.15) is 27.2 Å². The van der Waals surface area contributed by atoms with Crippen LogP contribution in [0.5, 0.6) is 5.75 Å². The molecule has 1 aliphatic carbocycles. The van der Waals surface area contributed by atoms with Gasteiger partial charge in [0, 0.05) is 50.3 Å². The fourth-order valence-corrected chi connectivity index (χ4v) is 5.56. The summed E-state index contributed by atoms with van der Waals surface area (Å²) >= 11 is 0. The lowest BCUT2D eigenvalue weighted by atomic mass is 10.2. The number of aromatic nitrogens is 2. The number of hydrogen-bond donors (Lipinski definition) is 1. The van der Waals surface area contributed by atoms with Crippen molar-refractivity contribution in [3.63, 3.8) is 0 Å². The van der Waals surface area contributed by atoms with E-state index >= 15 is 0 Å². The van der Waals surface area contributed by atoms with Crippen molar-refractivity contribution in [3.8, 4) is 11.4 Å². The molecule has 0 radical (unpaired) electrons. The lowest BCUT2D eigenvalue weighted by Crippen LogP contribution is -2.52. The third-order valence-corrected chi connectivity index (χ3v) is 8.53. The second-order valence-electron chi connectivity index (χ2n) is 10.3. The Bertz CT molecular complexity index is 1550. The zero-order valence-electron chi connectivity index (χ0n) is 21.5. The molecule has 1 aliphatic heterocycles. The predicted molar refractivity (Wildman–Crippen MR) is 138 cm³/mol. The molecule has 1 aromatic heterocycles. The number of nitrogens with one attached hydrogen (secondary N) is 1. The number of benzene rings is 2. The molecule has 1 saturated heterocycles. The minimum atomic E-state index is -3.98. The summed E-state index contributed by atoms with van der Waals surface area (Å²) in [6.45, 7) is 2.44. The molecule has 2 aliphatic rings. The van der Waals surface area contributed by atoms with Crippen molar-refractivity contribution in [2.24, 2.45) is 5.41 Å². The third kappa shape index (κ3) is 6.29. The van der Waals surface area contributed by atoms with E-state index in [0.717, 1.165) is 41.8 Å². The Morgan fingerprint density at radius 1 is 0.925 bits per heavy atom. The molecule has 0 bridgehead atoms. The van der Waals surface area contributed by atoms with Crippen molar-refractivity contribution in [2.45, 2.75) is 26.3 Å². The van der Waals surface area contributed by atoms with Gasteiger partial charge < -0.3 is 9.64 Å². The van der Waals surface area contributed by atoms with E-state index in [1.54, 1.807) is 4.90 Å². The van der Waals surface area contributed by atoms with Gasteiger partial charge in [0.2, 0.25) is 5.75 Å². The van der Waals surface area contributed by atoms with Gasteiger partial charge in [0.1, 0.15) is 29.0 Å². The molecule has 2 heterocycles. The molecule has 9 nitrogen and oxygen atoms in total. The monoisotopic (exact) mass is 581 g/mol. The highest BCUT2D eigenvalue weighted by atomic mass is 32.2. The second kappa shape index (κ2) is 10.8. The highest BCUT2D eigenvalue weighted by molar-refractivity contribution is 7.87. The molecular weight excluding hydrogens is 554 g/mol. The van der Waals surface area contributed by atoms with E-state index in [0.29, 0.717) is 17.8 Å². The lowest BCUT2D eigenvalue weighted by Gasteiger charge is -2.35. The Balaban J connectivity index is 1.33. The second-order valence-corrected chi connectivity index (χ2v) is 12.0. The summed E-state index contributed by atoms with van der Waals surface area (Å²) in [5, 5.41) is 4.12. The standard InChI is InChI=1S/C26H27F4N5O4S/c1-26(2-3-26)16-39-24-23(15-31-35(25(24)36)22-12-20(29)11-21(30)13-22)33-4-6-34(7-5-33)40(37,38)32-14-17-8-18(27)10-19(28)9-17/h8-13,15,32H,2-7,14,16H2,1H3. The van der Waals surface area contributed by atoms with Crippen LogP contribution in [-0.4, -0.2) is 55.3 Å². The summed E-state index contributed by atoms with van der Waals surface area (Å²) in [4.78, 5) is 15.2. The van der Waals surface area contributed by atoms with E-state index in [9.17, 15) is 30.8 Å². The molecular formula is C26H27F4N5O4S. The molecule has 14 heteroatoms. The molecule has 0 unspecified atom stereocenters. The molecule has 40 heavy (non-hydrogen) atoms. The van der Waals surface area contributed by atoms with Gasteiger partial charge in [0.05, 0.1) is 18.5 Å². The van der Waals surface area contributed by atoms with E-state index in [1.807, 2.05) is 6.92 Å². The smallest absolute Gasteiger partial charge is 0.316 e. The molecule has 214 valence electrons. The Hall–Kier alpha value is -3.49. The van der Waals surface area contributed by atoms with E-state index < -0.39 is 39.0 Å². The van der Waals surface area contributed by atoms with Crippen molar-refractivity contribution >= 4 is 15.9 Å². The summed E-state index contributed by atoms with van der Waals surface area (Å²) in [6.07, 6.45) is 3.22. The molecule has 0 amide bonds. The maximum Gasteiger partial charge on any atom is 0.316 e. The normalized spacial score (nSPS) is 17.2. The first-order chi connectivity index (χ1) is 18.9. The molecule has 0 atom stereocenters. The van der Waals surface area contributed by atoms with Gasteiger partial charge in [-0.3, -0.25) is 4.79 Å². The topological polar surface area (TPSA) is 96.8 Å². The SMILES string of the molecule is CC1(COc2c(N3CCN(S(=O)(=O)NCc4cc(F)cc(F)c4)CC3)cnn(-c3cc(F)cc(F)c3)c2=O)CC1. The highest BCUT2D eigenvalue weighted by Gasteiger charge is 2.39. The van der Waals surface area contributed by atoms with Gasteiger partial charge in [0.15, 0.2) is 0 Å². The number of hydrogen-bond acceptors (Lipinski definition) is 6. The van der Waals surface area contributed by atoms with Crippen LogP contribution in [0.25, 0.3) is 5.69 Å². The average Bonchev–Trinajstić information content (AvgIpc) is 3.63. The average molecular weight is 582 g/mol. The van der Waals surface area contributed by atoms with Gasteiger partial charge in [-0.05, 0) is 42.7 Å². The number of anilines is 1. The molecule has 0 spiro atoms. The van der Waals surface area contributed by atoms with Gasteiger partial charge in [-0.15, -0.1) is 0 Å². The van der Waals surface area contributed by atoms with Crippen molar-refractivity contribution in [2.75, 3.05) is 37.7 Å². The summed E-state index contributed by atoms with van der Waals surface area (Å²) in [6, 6.07) is 5.44. The first kappa shape index (κ1) is 28.1. The van der Waals surface area contributed by atoms with Crippen LogP contribution in [-0.2, 0) is 16.8 Å². The Kier molecular flexibility index (Phi) is 7.59. The van der Waals surface area contributed by atoms with E-state index in [-0.39, 0.29) is 61.7 Å². The van der Waals surface area contributed by atoms with Crippen LogP contribution >= 0.6 is 0 Å². The predicted octanol–water partition coefficient (Wildman–Crippen LogP) is 3.12. The Morgan fingerprint density at radius 3 is 2.08 bits per heavy atom. The summed E-state index contributed by atoms with van der Waals surface area (Å²) in [7, 11) is -3.98. The maximum atomic E-state index is 13.8. The van der Waals surface area contributed by atoms with Gasteiger partial charge in [-0.1, -0.05) is 6.92 Å². The van der Waals surface area contributed by atoms with E-state index in [2.05, 4.69) is 9.82 Å². The molecule has 1 saturated carbocycles. The summed E-state index contributed by atoms with van der Waals surface area (Å²) in [5.74, 6) is -3.40. The van der Waals surface area contributed by atoms with Crippen LogP contribution in [0.15, 0.2) is 47.4 Å². The molecule has 2 fully saturated rings. The van der Waals surface area contributed by atoms with E-state index in [1.165, 1.54) is 10.5 Å². The summed E-state index contributed by atoms with van der Waals surface area (Å²) < 4.78 is 90.6. The number of halogens is 4. The third-order valence-electron chi connectivity index (χ3n) is 6.98. The minimum Gasteiger partial charge on any atom is -0.486 e. The first-order valence-corrected chi connectivity index (χ1v) is 14.0. The minimum absolute atomic E-state index is 0.0438. The quantitative estimate of drug-likeness (QED) is 0.390. The van der Waals surface area contributed by atoms with Crippen LogP contribution in [0.3, 0.4) is 0 Å². The van der Waals surface area contributed by atoms with Gasteiger partial charge in [0.25, 0.3) is 10.2 Å². The van der Waals surface area contributed by atoms with Gasteiger partial charge >= 0.3 is 5.56 Å². The molecule has 1 N–H and O–H groups in total. The van der Waals surface area contributed by atoms with E-state index in [4.69, 9.17) is 4.74 Å². The van der Waals surface area contributed by atoms with Gasteiger partial charge in [-0.25, -0.2) is 17.6 Å². The fraction of sp³-hybridized carbons (Fsp3) is 0.385. The number of rotatable bonds is 9. The lowest BCUT2D eigenvalue weighted by molar-refractivity contribution is 0.242. The maximum absolute atomic E-state index is 13.8. The van der Waals surface area contributed by atoms with Crippen LogP contribution in [0.2, 0.25) is 0 Å². The Labute approximate surface area is 228 Å². The number of nitrogens with zero attached hydrogens (tertiary/aromatic N) is 4. The van der Waals surface area contributed by atoms with Crippen molar-refractivity contribution < 1.29 is 30.7 Å². The number of piperazine rings is 1. The van der Waals surface area contributed by atoms with Crippen LogP contribution in [0.4, 0.5) is 23.2 Å². The first-order valence-electron chi connectivity index (χ1n) is 12.6. The molecule has 2 aromatic carbocycles. The zero-order valence-corrected chi connectivity index (χ0v) is 22.4. The molecule has 5 rings (SSSR count). The summed E-state index contributed by atoms with van der Waals surface area (Å²) in [5.41, 5.74) is -0.410. The number of ether oxygens (including phenoxy) is 1. The fourth-order valence-electron chi connectivity index (χ4n) is 4.39. The van der Waals surface area contributed by atoms with Crippen molar-refractivity contribution in [1.29, 1.82) is 0 Å². The molecule has 3 aromatic rings. The highest BCUT2D eigenvalue weighted by Crippen LogP contribution is 2.45. The van der Waals surface area contributed by atoms with Crippen LogP contribution in [0.1, 0.15) is 25.3 Å². The zero-order chi connectivity index (χ0) is 28.7. The Morgan fingerprint density at radius 2 is 1.50 bits per heavy atom. The largest absolute Gasteiger partial charge is 0.486 e. The van der Waals surface area contributed by atoms with Crippen molar-refractivity contribution in [3.05, 3.63) is 81.8 Å². The van der Waals surface area contributed by atoms with Crippen molar-refractivity contribution in [1.82, 2.24) is 18.8 Å².